The van der Waals surface area contributed by atoms with E-state index in [1.54, 1.807) is 41.3 Å². The number of hydrogen-bond donors (Lipinski definition) is 2. The molecule has 0 radical (unpaired) electrons. The number of nitrogens with zero attached hydrogens (tertiary/aromatic N) is 1. The molecule has 3 amide bonds. The number of piperidine rings is 1. The predicted molar refractivity (Wildman–Crippen MR) is 119 cm³/mol. The number of likely N-dealkylation sites (tertiary alicyclic amines) is 1. The van der Waals surface area contributed by atoms with Gasteiger partial charge in [-0.25, -0.2) is 0 Å². The van der Waals surface area contributed by atoms with Gasteiger partial charge in [0.1, 0.15) is 11.8 Å². The van der Waals surface area contributed by atoms with Crippen LogP contribution in [0.4, 0.5) is 0 Å². The smallest absolute Gasteiger partial charge is 0.289 e. The molecule has 8 heteroatoms. The van der Waals surface area contributed by atoms with Gasteiger partial charge in [-0.3, -0.25) is 14.4 Å². The Hall–Kier alpha value is -3.29. The van der Waals surface area contributed by atoms with Gasteiger partial charge in [-0.2, -0.15) is 0 Å². The van der Waals surface area contributed by atoms with Crippen molar-refractivity contribution in [1.29, 1.82) is 0 Å². The van der Waals surface area contributed by atoms with E-state index in [1.807, 2.05) is 13.8 Å². The van der Waals surface area contributed by atoms with E-state index in [2.05, 4.69) is 10.6 Å². The fourth-order valence-electron chi connectivity index (χ4n) is 3.81. The van der Waals surface area contributed by atoms with Crippen LogP contribution in [0.5, 0.6) is 5.75 Å². The van der Waals surface area contributed by atoms with E-state index < -0.39 is 6.04 Å². The Morgan fingerprint density at radius 3 is 2.53 bits per heavy atom. The molecule has 0 bridgehead atoms. The van der Waals surface area contributed by atoms with E-state index in [0.29, 0.717) is 43.0 Å². The number of carbonyl (C=O) groups excluding carboxylic acids is 3. The van der Waals surface area contributed by atoms with Crippen molar-refractivity contribution in [2.24, 2.45) is 5.92 Å². The largest absolute Gasteiger partial charge is 0.497 e. The summed E-state index contributed by atoms with van der Waals surface area (Å²) >= 11 is 0. The highest BCUT2D eigenvalue weighted by molar-refractivity contribution is 5.98. The van der Waals surface area contributed by atoms with Crippen LogP contribution >= 0.6 is 0 Å². The topological polar surface area (TPSA) is 101 Å². The molecule has 1 aromatic heterocycles. The molecule has 0 saturated carbocycles. The van der Waals surface area contributed by atoms with Crippen molar-refractivity contribution in [3.63, 3.8) is 0 Å². The van der Waals surface area contributed by atoms with E-state index in [9.17, 15) is 14.4 Å². The number of hydrogen-bond acceptors (Lipinski definition) is 5. The van der Waals surface area contributed by atoms with Gasteiger partial charge >= 0.3 is 0 Å². The van der Waals surface area contributed by atoms with Crippen LogP contribution in [0.3, 0.4) is 0 Å². The first kappa shape index (κ1) is 23.4. The fraction of sp³-hybridized carbons (Fsp3) is 0.458. The maximum atomic E-state index is 13.1. The Labute approximate surface area is 188 Å². The van der Waals surface area contributed by atoms with Crippen LogP contribution in [0.25, 0.3) is 0 Å². The molecule has 1 fully saturated rings. The van der Waals surface area contributed by atoms with E-state index in [1.165, 1.54) is 13.4 Å². The number of benzene rings is 1. The summed E-state index contributed by atoms with van der Waals surface area (Å²) in [6.45, 7) is 4.91. The van der Waals surface area contributed by atoms with Crippen molar-refractivity contribution >= 4 is 17.7 Å². The van der Waals surface area contributed by atoms with E-state index in [4.69, 9.17) is 9.15 Å². The summed E-state index contributed by atoms with van der Waals surface area (Å²) in [7, 11) is 1.54. The van der Waals surface area contributed by atoms with Crippen LogP contribution < -0.4 is 15.4 Å². The van der Waals surface area contributed by atoms with Crippen LogP contribution in [0, 0.1) is 5.92 Å². The first-order valence-corrected chi connectivity index (χ1v) is 11.0. The lowest BCUT2D eigenvalue weighted by Crippen LogP contribution is -2.55. The molecular weight excluding hydrogens is 410 g/mol. The average molecular weight is 442 g/mol. The van der Waals surface area contributed by atoms with Crippen LogP contribution in [-0.4, -0.2) is 54.9 Å². The third-order valence-electron chi connectivity index (χ3n) is 5.93. The maximum absolute atomic E-state index is 13.1. The van der Waals surface area contributed by atoms with Crippen molar-refractivity contribution in [2.45, 2.75) is 45.2 Å². The van der Waals surface area contributed by atoms with Crippen molar-refractivity contribution in [2.75, 3.05) is 20.2 Å². The van der Waals surface area contributed by atoms with Crippen molar-refractivity contribution in [3.8, 4) is 5.75 Å². The Morgan fingerprint density at radius 2 is 1.91 bits per heavy atom. The molecule has 2 aromatic rings. The molecule has 1 aliphatic rings. The molecule has 2 N–H and O–H groups in total. The third kappa shape index (κ3) is 5.69. The molecule has 0 spiro atoms. The zero-order chi connectivity index (χ0) is 23.1. The quantitative estimate of drug-likeness (QED) is 0.656. The Balaban J connectivity index is 1.70. The van der Waals surface area contributed by atoms with Gasteiger partial charge in [-0.05, 0) is 62.4 Å². The standard InChI is InChI=1S/C24H31N3O5/c1-4-16(2)25-23(29)21(26-22(28)18-7-5-8-19(15-18)31-3)17-10-12-27(13-11-17)24(30)20-9-6-14-32-20/h5-9,14-17,21H,4,10-13H2,1-3H3,(H,25,29)(H,26,28)/t16-,21-/m0/s1. The number of nitrogens with one attached hydrogen (secondary N) is 2. The van der Waals surface area contributed by atoms with Gasteiger partial charge in [0, 0.05) is 24.7 Å². The number of furan rings is 1. The summed E-state index contributed by atoms with van der Waals surface area (Å²) in [4.78, 5) is 40.3. The molecule has 2 atom stereocenters. The zero-order valence-electron chi connectivity index (χ0n) is 18.8. The lowest BCUT2D eigenvalue weighted by Gasteiger charge is -2.35. The van der Waals surface area contributed by atoms with Gasteiger partial charge in [0.2, 0.25) is 5.91 Å². The summed E-state index contributed by atoms with van der Waals surface area (Å²) in [5.74, 6) is 0.0984. The minimum atomic E-state index is -0.691. The number of carbonyl (C=O) groups is 3. The monoisotopic (exact) mass is 441 g/mol. The average Bonchev–Trinajstić information content (AvgIpc) is 3.37. The van der Waals surface area contributed by atoms with E-state index in [-0.39, 0.29) is 29.7 Å². The van der Waals surface area contributed by atoms with Gasteiger partial charge in [0.25, 0.3) is 11.8 Å². The molecule has 0 unspecified atom stereocenters. The molecular formula is C24H31N3O5. The molecule has 1 aliphatic heterocycles. The maximum Gasteiger partial charge on any atom is 0.289 e. The zero-order valence-corrected chi connectivity index (χ0v) is 18.8. The summed E-state index contributed by atoms with van der Waals surface area (Å²) in [6.07, 6.45) is 3.47. The van der Waals surface area contributed by atoms with E-state index in [0.717, 1.165) is 6.42 Å². The molecule has 2 heterocycles. The van der Waals surface area contributed by atoms with Crippen LogP contribution in [0.1, 0.15) is 54.0 Å². The number of rotatable bonds is 8. The van der Waals surface area contributed by atoms with Crippen molar-refractivity contribution in [1.82, 2.24) is 15.5 Å². The fourth-order valence-corrected chi connectivity index (χ4v) is 3.81. The first-order valence-electron chi connectivity index (χ1n) is 11.0. The molecule has 8 nitrogen and oxygen atoms in total. The molecule has 1 aromatic carbocycles. The lowest BCUT2D eigenvalue weighted by molar-refractivity contribution is -0.125. The molecule has 172 valence electrons. The highest BCUT2D eigenvalue weighted by atomic mass is 16.5. The Bertz CT molecular complexity index is 919. The summed E-state index contributed by atoms with van der Waals surface area (Å²) in [6, 6.07) is 9.46. The minimum Gasteiger partial charge on any atom is -0.497 e. The molecule has 0 aliphatic carbocycles. The van der Waals surface area contributed by atoms with Gasteiger partial charge in [0.05, 0.1) is 13.4 Å². The number of ether oxygens (including phenoxy) is 1. The van der Waals surface area contributed by atoms with Crippen LogP contribution in [-0.2, 0) is 4.79 Å². The normalized spacial score (nSPS) is 16.2. The predicted octanol–water partition coefficient (Wildman–Crippen LogP) is 2.85. The van der Waals surface area contributed by atoms with Gasteiger partial charge in [0.15, 0.2) is 5.76 Å². The molecule has 1 saturated heterocycles. The Morgan fingerprint density at radius 1 is 1.16 bits per heavy atom. The van der Waals surface area contributed by atoms with Crippen LogP contribution in [0.2, 0.25) is 0 Å². The van der Waals surface area contributed by atoms with Gasteiger partial charge in [-0.1, -0.05) is 13.0 Å². The molecule has 32 heavy (non-hydrogen) atoms. The number of methoxy groups -OCH3 is 1. The van der Waals surface area contributed by atoms with Crippen molar-refractivity contribution in [3.05, 3.63) is 54.0 Å². The Kier molecular flexibility index (Phi) is 7.92. The summed E-state index contributed by atoms with van der Waals surface area (Å²) < 4.78 is 10.4. The first-order chi connectivity index (χ1) is 15.4. The second kappa shape index (κ2) is 10.8. The van der Waals surface area contributed by atoms with Crippen molar-refractivity contribution < 1.29 is 23.5 Å². The minimum absolute atomic E-state index is 0.000610. The SMILES string of the molecule is CC[C@H](C)NC(=O)[C@@H](NC(=O)c1cccc(OC)c1)C1CCN(C(=O)c2ccco2)CC1. The third-order valence-corrected chi connectivity index (χ3v) is 5.93. The highest BCUT2D eigenvalue weighted by Gasteiger charge is 2.35. The number of amides is 3. The van der Waals surface area contributed by atoms with Gasteiger partial charge < -0.3 is 24.7 Å². The van der Waals surface area contributed by atoms with E-state index >= 15 is 0 Å². The lowest BCUT2D eigenvalue weighted by atomic mass is 9.88. The second-order valence-corrected chi connectivity index (χ2v) is 8.11. The summed E-state index contributed by atoms with van der Waals surface area (Å²) in [5, 5.41) is 5.92. The molecule has 3 rings (SSSR count). The summed E-state index contributed by atoms with van der Waals surface area (Å²) in [5.41, 5.74) is 0.427. The van der Waals surface area contributed by atoms with Crippen LogP contribution in [0.15, 0.2) is 47.1 Å². The second-order valence-electron chi connectivity index (χ2n) is 8.11. The van der Waals surface area contributed by atoms with Gasteiger partial charge in [-0.15, -0.1) is 0 Å². The highest BCUT2D eigenvalue weighted by Crippen LogP contribution is 2.23.